The molecule has 112 valence electrons. The summed E-state index contributed by atoms with van der Waals surface area (Å²) in [6, 6.07) is 15.3. The number of rotatable bonds is 4. The third-order valence-corrected chi connectivity index (χ3v) is 3.73. The average Bonchev–Trinajstić information content (AvgIpc) is 2.56. The zero-order chi connectivity index (χ0) is 15.5. The molecule has 0 aliphatic carbocycles. The number of benzene rings is 2. The number of fused-ring (bicyclic) bond motifs is 1. The Morgan fingerprint density at radius 3 is 2.77 bits per heavy atom. The summed E-state index contributed by atoms with van der Waals surface area (Å²) >= 11 is 0. The molecule has 0 radical (unpaired) electrons. The molecule has 1 atom stereocenters. The number of amides is 1. The largest absolute Gasteiger partial charge is 0.489 e. The summed E-state index contributed by atoms with van der Waals surface area (Å²) in [5.41, 5.74) is 2.45. The van der Waals surface area contributed by atoms with E-state index in [1.807, 2.05) is 48.5 Å². The summed E-state index contributed by atoms with van der Waals surface area (Å²) < 4.78 is 5.72. The average molecular weight is 294 g/mol. The fourth-order valence-electron chi connectivity index (χ4n) is 2.62. The van der Waals surface area contributed by atoms with Crippen molar-refractivity contribution in [1.82, 2.24) is 4.90 Å². The Bertz CT molecular complexity index is 712. The Hall–Kier alpha value is -2.75. The highest BCUT2D eigenvalue weighted by Crippen LogP contribution is 2.35. The first kappa shape index (κ1) is 14.2. The van der Waals surface area contributed by atoms with Gasteiger partial charge in [0.05, 0.1) is 5.56 Å². The van der Waals surface area contributed by atoms with Crippen LogP contribution in [0.1, 0.15) is 22.1 Å². The van der Waals surface area contributed by atoms with Gasteiger partial charge in [-0.2, -0.15) is 0 Å². The van der Waals surface area contributed by atoms with Crippen LogP contribution in [0.15, 0.2) is 61.2 Å². The second kappa shape index (κ2) is 5.93. The number of nitrogens with one attached hydrogen (secondary N) is 1. The van der Waals surface area contributed by atoms with Gasteiger partial charge in [-0.3, -0.25) is 4.79 Å². The number of hydrogen-bond acceptors (Lipinski definition) is 3. The normalized spacial score (nSPS) is 16.7. The van der Waals surface area contributed by atoms with E-state index in [0.29, 0.717) is 12.2 Å². The minimum Gasteiger partial charge on any atom is -0.489 e. The Morgan fingerprint density at radius 1 is 1.23 bits per heavy atom. The van der Waals surface area contributed by atoms with E-state index in [1.54, 1.807) is 18.0 Å². The van der Waals surface area contributed by atoms with Crippen LogP contribution in [-0.4, -0.2) is 24.5 Å². The maximum Gasteiger partial charge on any atom is 0.257 e. The topological polar surface area (TPSA) is 41.6 Å². The van der Waals surface area contributed by atoms with Gasteiger partial charge in [-0.15, -0.1) is 0 Å². The maximum absolute atomic E-state index is 12.6. The van der Waals surface area contributed by atoms with Gasteiger partial charge in [0.2, 0.25) is 0 Å². The highest BCUT2D eigenvalue weighted by atomic mass is 16.5. The summed E-state index contributed by atoms with van der Waals surface area (Å²) in [6.45, 7) is 4.10. The number of hydrogen-bond donors (Lipinski definition) is 1. The molecule has 1 N–H and O–H groups in total. The van der Waals surface area contributed by atoms with Gasteiger partial charge in [-0.1, -0.05) is 43.0 Å². The predicted octanol–water partition coefficient (Wildman–Crippen LogP) is 3.45. The molecule has 4 nitrogen and oxygen atoms in total. The predicted molar refractivity (Wildman–Crippen MR) is 87.0 cm³/mol. The number of carbonyl (C=O) groups excluding carboxylic acids is 1. The lowest BCUT2D eigenvalue weighted by Gasteiger charge is -2.36. The van der Waals surface area contributed by atoms with E-state index in [9.17, 15) is 4.79 Å². The van der Waals surface area contributed by atoms with Gasteiger partial charge < -0.3 is 15.0 Å². The molecule has 0 saturated carbocycles. The van der Waals surface area contributed by atoms with Crippen molar-refractivity contribution in [2.24, 2.45) is 0 Å². The summed E-state index contributed by atoms with van der Waals surface area (Å²) in [7, 11) is 1.79. The van der Waals surface area contributed by atoms with Crippen LogP contribution in [0, 0.1) is 0 Å². The van der Waals surface area contributed by atoms with Gasteiger partial charge >= 0.3 is 0 Å². The lowest BCUT2D eigenvalue weighted by Crippen LogP contribution is -2.40. The van der Waals surface area contributed by atoms with E-state index in [2.05, 4.69) is 11.9 Å². The van der Waals surface area contributed by atoms with Crippen LogP contribution in [0.5, 0.6) is 5.75 Å². The van der Waals surface area contributed by atoms with Gasteiger partial charge in [-0.05, 0) is 18.2 Å². The Kier molecular flexibility index (Phi) is 3.83. The Balaban J connectivity index is 1.99. The molecule has 3 rings (SSSR count). The molecule has 0 bridgehead atoms. The van der Waals surface area contributed by atoms with Crippen LogP contribution in [0.25, 0.3) is 0 Å². The monoisotopic (exact) mass is 294 g/mol. The summed E-state index contributed by atoms with van der Waals surface area (Å²) in [6.07, 6.45) is 1.44. The third-order valence-electron chi connectivity index (χ3n) is 3.73. The second-order valence-electron chi connectivity index (χ2n) is 5.15. The molecule has 0 aromatic heterocycles. The van der Waals surface area contributed by atoms with Crippen LogP contribution in [0.2, 0.25) is 0 Å². The molecule has 1 aliphatic heterocycles. The van der Waals surface area contributed by atoms with Crippen molar-refractivity contribution in [2.75, 3.05) is 19.0 Å². The lowest BCUT2D eigenvalue weighted by atomic mass is 10.0. The molecule has 0 spiro atoms. The number of para-hydroxylation sites is 2. The minimum atomic E-state index is -0.261. The Morgan fingerprint density at radius 2 is 1.95 bits per heavy atom. The molecule has 4 heteroatoms. The maximum atomic E-state index is 12.6. The molecule has 1 heterocycles. The van der Waals surface area contributed by atoms with Crippen LogP contribution >= 0.6 is 0 Å². The third kappa shape index (κ3) is 2.44. The van der Waals surface area contributed by atoms with Crippen LogP contribution in [0.3, 0.4) is 0 Å². The first-order valence-electron chi connectivity index (χ1n) is 7.17. The van der Waals surface area contributed by atoms with Crippen molar-refractivity contribution < 1.29 is 9.53 Å². The first-order valence-corrected chi connectivity index (χ1v) is 7.17. The van der Waals surface area contributed by atoms with Crippen molar-refractivity contribution in [3.8, 4) is 5.75 Å². The van der Waals surface area contributed by atoms with Gasteiger partial charge in [-0.25, -0.2) is 0 Å². The molecule has 22 heavy (non-hydrogen) atoms. The van der Waals surface area contributed by atoms with Gasteiger partial charge in [0, 0.05) is 18.3 Å². The van der Waals surface area contributed by atoms with E-state index < -0.39 is 0 Å². The van der Waals surface area contributed by atoms with Crippen molar-refractivity contribution in [3.05, 3.63) is 72.3 Å². The SMILES string of the molecule is C=CCOc1ccccc1[C@H]1Nc2ccccc2C(=O)N1C. The van der Waals surface area contributed by atoms with Crippen molar-refractivity contribution >= 4 is 11.6 Å². The smallest absolute Gasteiger partial charge is 0.257 e. The van der Waals surface area contributed by atoms with Gasteiger partial charge in [0.15, 0.2) is 0 Å². The van der Waals surface area contributed by atoms with Crippen molar-refractivity contribution in [3.63, 3.8) is 0 Å². The highest BCUT2D eigenvalue weighted by Gasteiger charge is 2.31. The van der Waals surface area contributed by atoms with E-state index in [1.165, 1.54) is 0 Å². The molecule has 2 aromatic carbocycles. The van der Waals surface area contributed by atoms with E-state index in [0.717, 1.165) is 17.0 Å². The van der Waals surface area contributed by atoms with E-state index in [-0.39, 0.29) is 12.1 Å². The van der Waals surface area contributed by atoms with Crippen molar-refractivity contribution in [2.45, 2.75) is 6.17 Å². The second-order valence-corrected chi connectivity index (χ2v) is 5.15. The summed E-state index contributed by atoms with van der Waals surface area (Å²) in [5, 5.41) is 3.41. The van der Waals surface area contributed by atoms with E-state index in [4.69, 9.17) is 4.74 Å². The fourth-order valence-corrected chi connectivity index (χ4v) is 2.62. The molecular formula is C18H18N2O2. The summed E-state index contributed by atoms with van der Waals surface area (Å²) in [5.74, 6) is 0.747. The van der Waals surface area contributed by atoms with Crippen LogP contribution in [0.4, 0.5) is 5.69 Å². The number of carbonyl (C=O) groups is 1. The summed E-state index contributed by atoms with van der Waals surface area (Å²) in [4.78, 5) is 14.2. The van der Waals surface area contributed by atoms with Crippen LogP contribution in [-0.2, 0) is 0 Å². The van der Waals surface area contributed by atoms with Gasteiger partial charge in [0.1, 0.15) is 18.5 Å². The zero-order valence-electron chi connectivity index (χ0n) is 12.5. The molecule has 0 unspecified atom stereocenters. The molecule has 1 amide bonds. The molecule has 0 saturated heterocycles. The van der Waals surface area contributed by atoms with E-state index >= 15 is 0 Å². The molecule has 2 aromatic rings. The molecule has 0 fully saturated rings. The number of ether oxygens (including phenoxy) is 1. The van der Waals surface area contributed by atoms with Crippen LogP contribution < -0.4 is 10.1 Å². The number of nitrogens with zero attached hydrogens (tertiary/aromatic N) is 1. The number of anilines is 1. The van der Waals surface area contributed by atoms with Gasteiger partial charge in [0.25, 0.3) is 5.91 Å². The molecular weight excluding hydrogens is 276 g/mol. The quantitative estimate of drug-likeness (QED) is 0.878. The first-order chi connectivity index (χ1) is 10.7. The Labute approximate surface area is 130 Å². The minimum absolute atomic E-state index is 0.00197. The zero-order valence-corrected chi connectivity index (χ0v) is 12.5. The van der Waals surface area contributed by atoms with Crippen molar-refractivity contribution in [1.29, 1.82) is 0 Å². The highest BCUT2D eigenvalue weighted by molar-refractivity contribution is 6.01. The fraction of sp³-hybridized carbons (Fsp3) is 0.167. The standard InChI is InChI=1S/C18H18N2O2/c1-3-12-22-16-11-7-5-9-14(16)17-19-15-10-6-4-8-13(15)18(21)20(17)2/h3-11,17,19H,1,12H2,2H3/t17-/m0/s1. The molecule has 1 aliphatic rings. The lowest BCUT2D eigenvalue weighted by molar-refractivity contribution is 0.0733.